The van der Waals surface area contributed by atoms with Crippen LogP contribution in [0.25, 0.3) is 10.6 Å². The summed E-state index contributed by atoms with van der Waals surface area (Å²) in [5.74, 6) is -0.790. The molecule has 0 unspecified atom stereocenters. The normalized spacial score (nSPS) is 10.3. The predicted octanol–water partition coefficient (Wildman–Crippen LogP) is 4.49. The molecule has 124 valence electrons. The van der Waals surface area contributed by atoms with E-state index >= 15 is 0 Å². The van der Waals surface area contributed by atoms with Gasteiger partial charge in [0, 0.05) is 5.56 Å². The zero-order chi connectivity index (χ0) is 17.8. The number of rotatable bonds is 4. The van der Waals surface area contributed by atoms with E-state index in [1.807, 2.05) is 6.07 Å². The molecule has 25 heavy (non-hydrogen) atoms. The number of thiazole rings is 1. The monoisotopic (exact) mass is 352 g/mol. The van der Waals surface area contributed by atoms with E-state index in [2.05, 4.69) is 4.98 Å². The van der Waals surface area contributed by atoms with Crippen LogP contribution in [-0.2, 0) is 11.3 Å². The van der Waals surface area contributed by atoms with Gasteiger partial charge in [-0.05, 0) is 48.9 Å². The van der Waals surface area contributed by atoms with Crippen molar-refractivity contribution >= 4 is 17.3 Å². The van der Waals surface area contributed by atoms with E-state index in [0.717, 1.165) is 11.1 Å². The third-order valence-electron chi connectivity index (χ3n) is 3.50. The third-order valence-corrected chi connectivity index (χ3v) is 4.69. The molecule has 0 amide bonds. The molecular weight excluding hydrogens is 339 g/mol. The predicted molar refractivity (Wildman–Crippen MR) is 92.5 cm³/mol. The quantitative estimate of drug-likeness (QED) is 0.649. The Labute approximate surface area is 148 Å². The first kappa shape index (κ1) is 16.8. The molecule has 2 aromatic carbocycles. The molecule has 0 aliphatic heterocycles. The van der Waals surface area contributed by atoms with E-state index in [1.165, 1.54) is 23.5 Å². The number of hydrogen-bond donors (Lipinski definition) is 0. The molecule has 0 radical (unpaired) electrons. The van der Waals surface area contributed by atoms with Crippen LogP contribution in [0, 0.1) is 24.1 Å². The lowest BCUT2D eigenvalue weighted by atomic mass is 10.1. The van der Waals surface area contributed by atoms with E-state index in [9.17, 15) is 9.18 Å². The molecule has 1 heterocycles. The Morgan fingerprint density at radius 3 is 2.76 bits per heavy atom. The van der Waals surface area contributed by atoms with Crippen molar-refractivity contribution in [3.8, 4) is 16.6 Å². The van der Waals surface area contributed by atoms with E-state index < -0.39 is 5.97 Å². The second kappa shape index (κ2) is 7.24. The average Bonchev–Trinajstić information content (AvgIpc) is 3.02. The Morgan fingerprint density at radius 2 is 2.04 bits per heavy atom. The number of nitrogens with zero attached hydrogens (tertiary/aromatic N) is 2. The topological polar surface area (TPSA) is 63.0 Å². The summed E-state index contributed by atoms with van der Waals surface area (Å²) in [5, 5.41) is 9.53. The fraction of sp³-hybridized carbons (Fsp3) is 0.105. The highest BCUT2D eigenvalue weighted by atomic mass is 32.1. The molecule has 0 saturated carbocycles. The van der Waals surface area contributed by atoms with Crippen LogP contribution in [0.5, 0.6) is 0 Å². The van der Waals surface area contributed by atoms with Gasteiger partial charge in [0.25, 0.3) is 0 Å². The number of ether oxygens (including phenoxy) is 1. The molecule has 0 atom stereocenters. The van der Waals surface area contributed by atoms with Gasteiger partial charge in [0.1, 0.15) is 22.3 Å². The minimum absolute atomic E-state index is 0.0809. The number of aromatic nitrogens is 1. The Morgan fingerprint density at radius 1 is 1.28 bits per heavy atom. The van der Waals surface area contributed by atoms with Crippen LogP contribution in [0.3, 0.4) is 0 Å². The molecule has 0 bridgehead atoms. The zero-order valence-corrected chi connectivity index (χ0v) is 14.1. The summed E-state index contributed by atoms with van der Waals surface area (Å²) in [4.78, 5) is 17.1. The van der Waals surface area contributed by atoms with E-state index in [1.54, 1.807) is 43.3 Å². The molecule has 0 saturated heterocycles. The summed E-state index contributed by atoms with van der Waals surface area (Å²) in [6.45, 7) is 1.81. The van der Waals surface area contributed by atoms with Gasteiger partial charge in [-0.3, -0.25) is 0 Å². The van der Waals surface area contributed by atoms with Gasteiger partial charge in [-0.1, -0.05) is 12.1 Å². The molecule has 0 N–H and O–H groups in total. The van der Waals surface area contributed by atoms with Crippen LogP contribution >= 0.6 is 11.3 Å². The summed E-state index contributed by atoms with van der Waals surface area (Å²) in [6.07, 6.45) is 0. The van der Waals surface area contributed by atoms with Crippen molar-refractivity contribution in [2.45, 2.75) is 13.5 Å². The van der Waals surface area contributed by atoms with E-state index in [4.69, 9.17) is 10.00 Å². The van der Waals surface area contributed by atoms with Crippen molar-refractivity contribution < 1.29 is 13.9 Å². The Bertz CT molecular complexity index is 958. The number of aryl methyl sites for hydroxylation is 1. The van der Waals surface area contributed by atoms with Gasteiger partial charge in [-0.25, -0.2) is 14.2 Å². The molecule has 0 spiro atoms. The third kappa shape index (κ3) is 3.90. The second-order valence-electron chi connectivity index (χ2n) is 5.33. The number of nitriles is 1. The van der Waals surface area contributed by atoms with Crippen molar-refractivity contribution in [1.82, 2.24) is 4.98 Å². The van der Waals surface area contributed by atoms with Crippen LogP contribution < -0.4 is 0 Å². The molecule has 3 rings (SSSR count). The lowest BCUT2D eigenvalue weighted by Crippen LogP contribution is -2.05. The Kier molecular flexibility index (Phi) is 4.87. The van der Waals surface area contributed by atoms with E-state index in [-0.39, 0.29) is 12.4 Å². The Hall–Kier alpha value is -3.04. The van der Waals surface area contributed by atoms with Gasteiger partial charge in [0.2, 0.25) is 0 Å². The van der Waals surface area contributed by atoms with Gasteiger partial charge < -0.3 is 4.74 Å². The number of carbonyl (C=O) groups is 1. The number of esters is 1. The maximum absolute atomic E-state index is 13.0. The lowest BCUT2D eigenvalue weighted by Gasteiger charge is -2.04. The molecule has 0 aliphatic rings. The van der Waals surface area contributed by atoms with Crippen LogP contribution in [0.4, 0.5) is 4.39 Å². The van der Waals surface area contributed by atoms with Crippen LogP contribution in [0.2, 0.25) is 0 Å². The molecule has 1 aromatic heterocycles. The second-order valence-corrected chi connectivity index (χ2v) is 6.33. The average molecular weight is 352 g/mol. The smallest absolute Gasteiger partial charge is 0.350 e. The number of halogens is 1. The van der Waals surface area contributed by atoms with Crippen LogP contribution in [0.15, 0.2) is 48.5 Å². The van der Waals surface area contributed by atoms with Gasteiger partial charge in [0.05, 0.1) is 17.3 Å². The minimum Gasteiger partial charge on any atom is -0.457 e. The molecule has 3 aromatic rings. The van der Waals surface area contributed by atoms with Crippen molar-refractivity contribution in [1.29, 1.82) is 5.26 Å². The van der Waals surface area contributed by atoms with Crippen molar-refractivity contribution in [3.05, 3.63) is 76.0 Å². The minimum atomic E-state index is -0.467. The fourth-order valence-corrected chi connectivity index (χ4v) is 3.21. The molecule has 4 nitrogen and oxygen atoms in total. The summed E-state index contributed by atoms with van der Waals surface area (Å²) in [5.41, 5.74) is 2.57. The van der Waals surface area contributed by atoms with Crippen molar-refractivity contribution in [3.63, 3.8) is 0 Å². The zero-order valence-electron chi connectivity index (χ0n) is 13.3. The van der Waals surface area contributed by atoms with Gasteiger partial charge in [-0.2, -0.15) is 5.26 Å². The molecular formula is C19H13FN2O2S. The molecule has 0 aliphatic carbocycles. The molecule has 0 fully saturated rings. The van der Waals surface area contributed by atoms with Crippen molar-refractivity contribution in [2.24, 2.45) is 0 Å². The van der Waals surface area contributed by atoms with Gasteiger partial charge >= 0.3 is 5.97 Å². The van der Waals surface area contributed by atoms with E-state index in [0.29, 0.717) is 21.1 Å². The lowest BCUT2D eigenvalue weighted by molar-refractivity contribution is 0.0477. The number of benzene rings is 2. The van der Waals surface area contributed by atoms with Gasteiger partial charge in [-0.15, -0.1) is 11.3 Å². The molecule has 6 heteroatoms. The summed E-state index contributed by atoms with van der Waals surface area (Å²) < 4.78 is 18.3. The maximum Gasteiger partial charge on any atom is 0.350 e. The largest absolute Gasteiger partial charge is 0.457 e. The maximum atomic E-state index is 13.0. The van der Waals surface area contributed by atoms with Gasteiger partial charge in [0.15, 0.2) is 0 Å². The number of hydrogen-bond acceptors (Lipinski definition) is 5. The fourth-order valence-electron chi connectivity index (χ4n) is 2.25. The van der Waals surface area contributed by atoms with Crippen LogP contribution in [-0.4, -0.2) is 11.0 Å². The SMILES string of the molecule is Cc1nc(-c2ccc(F)cc2)sc1C(=O)OCc1cccc(C#N)c1. The highest BCUT2D eigenvalue weighted by Gasteiger charge is 2.17. The number of carbonyl (C=O) groups excluding carboxylic acids is 1. The highest BCUT2D eigenvalue weighted by molar-refractivity contribution is 7.17. The van der Waals surface area contributed by atoms with Crippen LogP contribution in [0.1, 0.15) is 26.5 Å². The standard InChI is InChI=1S/C19H13FN2O2S/c1-12-17(25-18(22-12)15-5-7-16(20)8-6-15)19(23)24-11-14-4-2-3-13(9-14)10-21/h2-9H,11H2,1H3. The highest BCUT2D eigenvalue weighted by Crippen LogP contribution is 2.28. The summed E-state index contributed by atoms with van der Waals surface area (Å²) in [6, 6.07) is 14.9. The Balaban J connectivity index is 1.74. The van der Waals surface area contributed by atoms with Crippen molar-refractivity contribution in [2.75, 3.05) is 0 Å². The summed E-state index contributed by atoms with van der Waals surface area (Å²) in [7, 11) is 0. The first-order chi connectivity index (χ1) is 12.1. The summed E-state index contributed by atoms with van der Waals surface area (Å²) >= 11 is 1.21. The first-order valence-electron chi connectivity index (χ1n) is 7.46. The first-order valence-corrected chi connectivity index (χ1v) is 8.28.